The van der Waals surface area contributed by atoms with Crippen molar-refractivity contribution in [3.63, 3.8) is 0 Å². The molecule has 1 aliphatic carbocycles. The van der Waals surface area contributed by atoms with E-state index in [1.165, 1.54) is 27.8 Å². The second kappa shape index (κ2) is 17.3. The van der Waals surface area contributed by atoms with Crippen molar-refractivity contribution >= 4 is 40.3 Å². The third kappa shape index (κ3) is 9.88. The first-order valence-electron chi connectivity index (χ1n) is 15.6. The SMILES string of the molecule is C#C.CNC(=O)CN(C)C(C)C.Cc1ccc(Nc2nc(-c3cccc(NC(=O)c4cc5c(s4)CCCC5)c3C)cn(C)c2=O)cc1. The molecule has 9 nitrogen and oxygen atoms in total. The Morgan fingerprint density at radius 3 is 2.38 bits per heavy atom. The Morgan fingerprint density at radius 1 is 1.06 bits per heavy atom. The summed E-state index contributed by atoms with van der Waals surface area (Å²) in [6, 6.07) is 16.0. The molecule has 2 heterocycles. The summed E-state index contributed by atoms with van der Waals surface area (Å²) in [7, 11) is 5.30. The van der Waals surface area contributed by atoms with Crippen molar-refractivity contribution in [2.24, 2.45) is 7.05 Å². The van der Waals surface area contributed by atoms with Crippen LogP contribution in [-0.4, -0.2) is 52.9 Å². The van der Waals surface area contributed by atoms with Gasteiger partial charge in [-0.05, 0) is 95.8 Å². The lowest BCUT2D eigenvalue weighted by Gasteiger charge is -2.19. The molecule has 0 spiro atoms. The number of aryl methyl sites for hydroxylation is 4. The lowest BCUT2D eigenvalue weighted by molar-refractivity contribution is -0.121. The lowest BCUT2D eigenvalue weighted by Crippen LogP contribution is -2.36. The molecule has 5 rings (SSSR count). The lowest BCUT2D eigenvalue weighted by atomic mass is 9.99. The fourth-order valence-corrected chi connectivity index (χ4v) is 6.06. The van der Waals surface area contributed by atoms with E-state index in [0.717, 1.165) is 45.8 Å². The van der Waals surface area contributed by atoms with E-state index in [2.05, 4.69) is 47.6 Å². The summed E-state index contributed by atoms with van der Waals surface area (Å²) in [5.74, 6) is 0.239. The first-order chi connectivity index (χ1) is 22.5. The van der Waals surface area contributed by atoms with Gasteiger partial charge in [-0.1, -0.05) is 29.8 Å². The van der Waals surface area contributed by atoms with E-state index in [9.17, 15) is 14.4 Å². The number of fused-ring (bicyclic) bond motifs is 1. The quantitative estimate of drug-likeness (QED) is 0.192. The molecular formula is C37H46N6O3S. The molecular weight excluding hydrogens is 609 g/mol. The maximum absolute atomic E-state index is 13.0. The van der Waals surface area contributed by atoms with Crippen LogP contribution >= 0.6 is 11.3 Å². The Hall–Kier alpha value is -4.72. The van der Waals surface area contributed by atoms with Crippen LogP contribution in [0, 0.1) is 26.7 Å². The van der Waals surface area contributed by atoms with Crippen molar-refractivity contribution in [2.75, 3.05) is 31.3 Å². The summed E-state index contributed by atoms with van der Waals surface area (Å²) in [5, 5.41) is 8.81. The van der Waals surface area contributed by atoms with Crippen molar-refractivity contribution < 1.29 is 9.59 Å². The number of terminal acetylenes is 1. The predicted octanol–water partition coefficient (Wildman–Crippen LogP) is 6.32. The molecule has 0 bridgehead atoms. The van der Waals surface area contributed by atoms with Crippen LogP contribution in [-0.2, 0) is 24.7 Å². The van der Waals surface area contributed by atoms with Crippen LogP contribution in [0.4, 0.5) is 17.2 Å². The number of rotatable bonds is 8. The summed E-state index contributed by atoms with van der Waals surface area (Å²) in [6.07, 6.45) is 14.2. The monoisotopic (exact) mass is 654 g/mol. The number of amides is 2. The van der Waals surface area contributed by atoms with E-state index < -0.39 is 0 Å². The number of nitrogens with one attached hydrogen (secondary N) is 3. The Labute approximate surface area is 282 Å². The number of likely N-dealkylation sites (N-methyl/N-ethyl adjacent to an activating group) is 2. The smallest absolute Gasteiger partial charge is 0.293 e. The highest BCUT2D eigenvalue weighted by Gasteiger charge is 2.19. The third-order valence-corrected chi connectivity index (χ3v) is 9.25. The molecule has 0 unspecified atom stereocenters. The average Bonchev–Trinajstić information content (AvgIpc) is 3.51. The molecule has 0 radical (unpaired) electrons. The topological polar surface area (TPSA) is 108 Å². The predicted molar refractivity (Wildman–Crippen MR) is 195 cm³/mol. The number of carbonyl (C=O) groups is 2. The summed E-state index contributed by atoms with van der Waals surface area (Å²) in [4.78, 5) is 45.3. The Morgan fingerprint density at radius 2 is 1.74 bits per heavy atom. The molecule has 2 aromatic carbocycles. The van der Waals surface area contributed by atoms with Gasteiger partial charge in [-0.2, -0.15) is 0 Å². The molecule has 2 amide bonds. The molecule has 3 N–H and O–H groups in total. The number of nitrogens with zero attached hydrogens (tertiary/aromatic N) is 3. The van der Waals surface area contributed by atoms with Gasteiger partial charge in [0.2, 0.25) is 5.91 Å². The first kappa shape index (κ1) is 36.7. The minimum atomic E-state index is -0.210. The van der Waals surface area contributed by atoms with Gasteiger partial charge >= 0.3 is 0 Å². The largest absolute Gasteiger partial charge is 0.358 e. The van der Waals surface area contributed by atoms with Gasteiger partial charge < -0.3 is 20.5 Å². The van der Waals surface area contributed by atoms with Crippen LogP contribution in [0.1, 0.15) is 57.9 Å². The molecule has 1 aliphatic rings. The van der Waals surface area contributed by atoms with Crippen molar-refractivity contribution in [3.8, 4) is 24.1 Å². The van der Waals surface area contributed by atoms with Crippen LogP contribution in [0.5, 0.6) is 0 Å². The molecule has 10 heteroatoms. The number of carbonyl (C=O) groups excluding carboxylic acids is 2. The number of thiophene rings is 1. The molecule has 0 saturated heterocycles. The normalized spacial score (nSPS) is 11.8. The van der Waals surface area contributed by atoms with Crippen molar-refractivity contribution in [1.29, 1.82) is 0 Å². The van der Waals surface area contributed by atoms with Crippen molar-refractivity contribution in [1.82, 2.24) is 19.8 Å². The highest BCUT2D eigenvalue weighted by atomic mass is 32.1. The Bertz CT molecular complexity index is 1730. The molecule has 0 saturated carbocycles. The van der Waals surface area contributed by atoms with Crippen molar-refractivity contribution in [2.45, 2.75) is 59.4 Å². The minimum absolute atomic E-state index is 0.0659. The number of anilines is 3. The second-order valence-corrected chi connectivity index (χ2v) is 12.9. The van der Waals surface area contributed by atoms with Gasteiger partial charge in [0.1, 0.15) is 0 Å². The standard InChI is InChI=1S/C28H28N4O2S.C7H16N2O.C2H2/c1-17-11-13-20(14-12-17)29-26-28(34)32(3)16-23(30-26)21-8-6-9-22(18(21)2)31-27(33)25-15-19-7-4-5-10-24(19)35-25;1-6(2)9(4)5-7(10)8-3;1-2/h6,8-9,11-16H,4-5,7,10H2,1-3H3,(H,29,30)(H,31,33);6H,5H2,1-4H3,(H,8,10);1-2H. The van der Waals surface area contributed by atoms with Crippen molar-refractivity contribution in [3.05, 3.63) is 91.5 Å². The van der Waals surface area contributed by atoms with Gasteiger partial charge in [0.05, 0.1) is 17.1 Å². The second-order valence-electron chi connectivity index (χ2n) is 11.8. The first-order valence-corrected chi connectivity index (χ1v) is 16.5. The zero-order valence-corrected chi connectivity index (χ0v) is 29.3. The van der Waals surface area contributed by atoms with E-state index in [4.69, 9.17) is 0 Å². The molecule has 0 aliphatic heterocycles. The van der Waals surface area contributed by atoms with Gasteiger partial charge in [-0.3, -0.25) is 19.3 Å². The van der Waals surface area contributed by atoms with Gasteiger partial charge in [-0.15, -0.1) is 24.2 Å². The molecule has 0 fully saturated rings. The van der Waals surface area contributed by atoms with E-state index in [-0.39, 0.29) is 23.2 Å². The van der Waals surface area contributed by atoms with Crippen LogP contribution in [0.25, 0.3) is 11.3 Å². The highest BCUT2D eigenvalue weighted by Crippen LogP contribution is 2.32. The number of aromatic nitrogens is 2. The maximum atomic E-state index is 13.0. The van der Waals surface area contributed by atoms with Crippen LogP contribution in [0.2, 0.25) is 0 Å². The Kier molecular flexibility index (Phi) is 13.5. The molecule has 2 aromatic heterocycles. The molecule has 0 atom stereocenters. The number of hydrogen-bond donors (Lipinski definition) is 3. The molecule has 248 valence electrons. The van der Waals surface area contributed by atoms with Gasteiger partial charge in [0.15, 0.2) is 5.82 Å². The van der Waals surface area contributed by atoms with Gasteiger partial charge in [-0.25, -0.2) is 4.98 Å². The maximum Gasteiger partial charge on any atom is 0.293 e. The van der Waals surface area contributed by atoms with E-state index in [1.54, 1.807) is 31.6 Å². The molecule has 4 aromatic rings. The molecule has 47 heavy (non-hydrogen) atoms. The zero-order chi connectivity index (χ0) is 34.7. The Balaban J connectivity index is 0.000000431. The number of benzene rings is 2. The highest BCUT2D eigenvalue weighted by molar-refractivity contribution is 7.14. The van der Waals surface area contributed by atoms with Crippen LogP contribution in [0.15, 0.2) is 59.5 Å². The van der Waals surface area contributed by atoms with Crippen LogP contribution < -0.4 is 21.5 Å². The van der Waals surface area contributed by atoms with Gasteiger partial charge in [0, 0.05) is 48.1 Å². The third-order valence-electron chi connectivity index (χ3n) is 8.02. The van der Waals surface area contributed by atoms with E-state index >= 15 is 0 Å². The van der Waals surface area contributed by atoms with Crippen LogP contribution in [0.3, 0.4) is 0 Å². The summed E-state index contributed by atoms with van der Waals surface area (Å²) >= 11 is 1.61. The number of hydrogen-bond acceptors (Lipinski definition) is 7. The summed E-state index contributed by atoms with van der Waals surface area (Å²) < 4.78 is 1.53. The average molecular weight is 655 g/mol. The van der Waals surface area contributed by atoms with Gasteiger partial charge in [0.25, 0.3) is 11.5 Å². The van der Waals surface area contributed by atoms with E-state index in [1.807, 2.05) is 74.3 Å². The fraction of sp³-hybridized carbons (Fsp3) is 0.351. The van der Waals surface area contributed by atoms with E-state index in [0.29, 0.717) is 18.3 Å². The minimum Gasteiger partial charge on any atom is -0.358 e. The zero-order valence-electron chi connectivity index (χ0n) is 28.4. The summed E-state index contributed by atoms with van der Waals surface area (Å²) in [5.41, 5.74) is 6.20. The fourth-order valence-electron chi connectivity index (χ4n) is 4.91. The summed E-state index contributed by atoms with van der Waals surface area (Å²) in [6.45, 7) is 8.58.